The van der Waals surface area contributed by atoms with Gasteiger partial charge in [-0.1, -0.05) is 23.2 Å². The standard InChI is InChI=1S/C20H21Cl2N5O/c1-23-19(28)12-26-6-8-27(9-7-26)14-3-4-16(22)15(11-14)20-24-17-5-2-13(21)10-18(17)25-20/h2-5,10-11H,6-9,12H2,1H3,(H,23,28)(H,24,25). The molecular formula is C20H21Cl2N5O. The van der Waals surface area contributed by atoms with E-state index >= 15 is 0 Å². The monoisotopic (exact) mass is 417 g/mol. The van der Waals surface area contributed by atoms with Crippen LogP contribution in [0.4, 0.5) is 5.69 Å². The molecule has 6 nitrogen and oxygen atoms in total. The number of rotatable bonds is 4. The van der Waals surface area contributed by atoms with E-state index in [9.17, 15) is 4.79 Å². The summed E-state index contributed by atoms with van der Waals surface area (Å²) in [5.74, 6) is 0.773. The van der Waals surface area contributed by atoms with Crippen LogP contribution in [-0.4, -0.2) is 60.5 Å². The van der Waals surface area contributed by atoms with E-state index in [-0.39, 0.29) is 5.91 Å². The number of H-pyrrole nitrogens is 1. The maximum Gasteiger partial charge on any atom is 0.233 e. The molecular weight excluding hydrogens is 397 g/mol. The summed E-state index contributed by atoms with van der Waals surface area (Å²) in [5.41, 5.74) is 3.69. The first-order valence-electron chi connectivity index (χ1n) is 9.16. The van der Waals surface area contributed by atoms with Crippen LogP contribution in [0.15, 0.2) is 36.4 Å². The van der Waals surface area contributed by atoms with Crippen LogP contribution in [0, 0.1) is 0 Å². The first-order chi connectivity index (χ1) is 13.5. The zero-order valence-corrected chi connectivity index (χ0v) is 17.0. The lowest BCUT2D eigenvalue weighted by atomic mass is 10.1. The molecule has 2 N–H and O–H groups in total. The van der Waals surface area contributed by atoms with E-state index in [4.69, 9.17) is 23.2 Å². The van der Waals surface area contributed by atoms with Crippen LogP contribution < -0.4 is 10.2 Å². The number of likely N-dealkylation sites (N-methyl/N-ethyl adjacent to an activating group) is 1. The average Bonchev–Trinajstić information content (AvgIpc) is 3.11. The van der Waals surface area contributed by atoms with Crippen molar-refractivity contribution in [2.24, 2.45) is 0 Å². The molecule has 0 aliphatic carbocycles. The lowest BCUT2D eigenvalue weighted by molar-refractivity contribution is -0.121. The number of halogens is 2. The lowest BCUT2D eigenvalue weighted by Gasteiger charge is -2.35. The van der Waals surface area contributed by atoms with Gasteiger partial charge in [0.25, 0.3) is 0 Å². The Morgan fingerprint density at radius 3 is 2.68 bits per heavy atom. The molecule has 1 aliphatic heterocycles. The lowest BCUT2D eigenvalue weighted by Crippen LogP contribution is -2.49. The number of aromatic nitrogens is 2. The van der Waals surface area contributed by atoms with Gasteiger partial charge in [0.05, 0.1) is 22.6 Å². The Bertz CT molecular complexity index is 1010. The fraction of sp³-hybridized carbons (Fsp3) is 0.300. The van der Waals surface area contributed by atoms with Crippen molar-refractivity contribution < 1.29 is 4.79 Å². The minimum Gasteiger partial charge on any atom is -0.369 e. The van der Waals surface area contributed by atoms with E-state index in [1.165, 1.54) is 0 Å². The summed E-state index contributed by atoms with van der Waals surface area (Å²) in [6.07, 6.45) is 0. The third-order valence-corrected chi connectivity index (χ3v) is 5.60. The first-order valence-corrected chi connectivity index (χ1v) is 9.92. The van der Waals surface area contributed by atoms with E-state index in [1.54, 1.807) is 7.05 Å². The molecule has 1 fully saturated rings. The van der Waals surface area contributed by atoms with Crippen LogP contribution in [0.2, 0.25) is 10.0 Å². The number of benzene rings is 2. The van der Waals surface area contributed by atoms with Gasteiger partial charge >= 0.3 is 0 Å². The normalized spacial score (nSPS) is 15.2. The number of hydrogen-bond acceptors (Lipinski definition) is 4. The molecule has 8 heteroatoms. The Labute approximate surface area is 173 Å². The molecule has 28 heavy (non-hydrogen) atoms. The number of hydrogen-bond donors (Lipinski definition) is 2. The quantitative estimate of drug-likeness (QED) is 0.682. The van der Waals surface area contributed by atoms with Gasteiger partial charge in [-0.25, -0.2) is 4.98 Å². The van der Waals surface area contributed by atoms with Crippen LogP contribution in [-0.2, 0) is 4.79 Å². The average molecular weight is 418 g/mol. The number of amides is 1. The Balaban J connectivity index is 1.55. The summed E-state index contributed by atoms with van der Waals surface area (Å²) in [5, 5.41) is 3.98. The second kappa shape index (κ2) is 7.99. The van der Waals surface area contributed by atoms with Crippen LogP contribution in [0.5, 0.6) is 0 Å². The van der Waals surface area contributed by atoms with Gasteiger partial charge in [-0.2, -0.15) is 0 Å². The highest BCUT2D eigenvalue weighted by Gasteiger charge is 2.20. The smallest absolute Gasteiger partial charge is 0.233 e. The summed E-state index contributed by atoms with van der Waals surface area (Å²) in [6.45, 7) is 3.84. The number of imidazole rings is 1. The molecule has 3 aromatic rings. The maximum absolute atomic E-state index is 11.6. The van der Waals surface area contributed by atoms with Crippen LogP contribution >= 0.6 is 23.2 Å². The second-order valence-electron chi connectivity index (χ2n) is 6.85. The highest BCUT2D eigenvalue weighted by Crippen LogP contribution is 2.32. The molecule has 1 aliphatic rings. The highest BCUT2D eigenvalue weighted by atomic mass is 35.5. The van der Waals surface area contributed by atoms with Gasteiger partial charge in [0, 0.05) is 49.5 Å². The molecule has 0 radical (unpaired) electrons. The van der Waals surface area contributed by atoms with Crippen molar-refractivity contribution in [1.29, 1.82) is 0 Å². The number of nitrogens with one attached hydrogen (secondary N) is 2. The van der Waals surface area contributed by atoms with E-state index < -0.39 is 0 Å². The number of anilines is 1. The van der Waals surface area contributed by atoms with Crippen molar-refractivity contribution >= 4 is 45.8 Å². The Morgan fingerprint density at radius 2 is 1.93 bits per heavy atom. The molecule has 0 unspecified atom stereocenters. The number of aromatic amines is 1. The van der Waals surface area contributed by atoms with Gasteiger partial charge in [0.15, 0.2) is 0 Å². The highest BCUT2D eigenvalue weighted by molar-refractivity contribution is 6.33. The molecule has 146 valence electrons. The number of carbonyl (C=O) groups is 1. The van der Waals surface area contributed by atoms with Crippen molar-refractivity contribution in [3.8, 4) is 11.4 Å². The molecule has 2 heterocycles. The minimum atomic E-state index is 0.0484. The summed E-state index contributed by atoms with van der Waals surface area (Å²) in [6, 6.07) is 11.6. The van der Waals surface area contributed by atoms with Crippen LogP contribution in [0.3, 0.4) is 0 Å². The molecule has 2 aromatic carbocycles. The first kappa shape index (κ1) is 19.1. The summed E-state index contributed by atoms with van der Waals surface area (Å²) >= 11 is 12.5. The molecule has 1 aromatic heterocycles. The Kier molecular flexibility index (Phi) is 5.44. The van der Waals surface area contributed by atoms with E-state index in [1.807, 2.05) is 30.3 Å². The third-order valence-electron chi connectivity index (χ3n) is 5.03. The topological polar surface area (TPSA) is 64.3 Å². The fourth-order valence-electron chi connectivity index (χ4n) is 3.45. The molecule has 0 spiro atoms. The summed E-state index contributed by atoms with van der Waals surface area (Å²) < 4.78 is 0. The number of nitrogens with zero attached hydrogens (tertiary/aromatic N) is 3. The Morgan fingerprint density at radius 1 is 1.14 bits per heavy atom. The van der Waals surface area contributed by atoms with Gasteiger partial charge in [-0.05, 0) is 36.4 Å². The maximum atomic E-state index is 11.6. The zero-order chi connectivity index (χ0) is 19.7. The number of fused-ring (bicyclic) bond motifs is 1. The summed E-state index contributed by atoms with van der Waals surface area (Å²) in [7, 11) is 1.67. The van der Waals surface area contributed by atoms with Gasteiger partial charge in [-0.3, -0.25) is 9.69 Å². The van der Waals surface area contributed by atoms with Gasteiger partial charge in [-0.15, -0.1) is 0 Å². The van der Waals surface area contributed by atoms with Crippen molar-refractivity contribution in [2.75, 3.05) is 44.7 Å². The van der Waals surface area contributed by atoms with Gasteiger partial charge in [0.2, 0.25) is 5.91 Å². The minimum absolute atomic E-state index is 0.0484. The predicted octanol–water partition coefficient (Wildman–Crippen LogP) is 3.40. The van der Waals surface area contributed by atoms with E-state index in [2.05, 4.69) is 31.2 Å². The van der Waals surface area contributed by atoms with Crippen molar-refractivity contribution in [2.45, 2.75) is 0 Å². The van der Waals surface area contributed by atoms with Crippen molar-refractivity contribution in [3.63, 3.8) is 0 Å². The number of carbonyl (C=O) groups excluding carboxylic acids is 1. The van der Waals surface area contributed by atoms with Crippen LogP contribution in [0.1, 0.15) is 0 Å². The van der Waals surface area contributed by atoms with Crippen molar-refractivity contribution in [1.82, 2.24) is 20.2 Å². The largest absolute Gasteiger partial charge is 0.369 e. The zero-order valence-electron chi connectivity index (χ0n) is 15.5. The van der Waals surface area contributed by atoms with Gasteiger partial charge in [0.1, 0.15) is 5.82 Å². The molecule has 0 bridgehead atoms. The third kappa shape index (κ3) is 3.94. The number of piperazine rings is 1. The fourth-order valence-corrected chi connectivity index (χ4v) is 3.83. The SMILES string of the molecule is CNC(=O)CN1CCN(c2ccc(Cl)c(-c3nc4ccc(Cl)cc4[nH]3)c2)CC1. The van der Waals surface area contributed by atoms with E-state index in [0.29, 0.717) is 16.6 Å². The van der Waals surface area contributed by atoms with Gasteiger partial charge < -0.3 is 15.2 Å². The molecule has 1 saturated heterocycles. The van der Waals surface area contributed by atoms with E-state index in [0.717, 1.165) is 54.3 Å². The molecule has 0 saturated carbocycles. The molecule has 4 rings (SSSR count). The predicted molar refractivity (Wildman–Crippen MR) is 114 cm³/mol. The Hall–Kier alpha value is -2.28. The van der Waals surface area contributed by atoms with Crippen LogP contribution in [0.25, 0.3) is 22.4 Å². The van der Waals surface area contributed by atoms with Crippen molar-refractivity contribution in [3.05, 3.63) is 46.4 Å². The summed E-state index contributed by atoms with van der Waals surface area (Å²) in [4.78, 5) is 24.0. The molecule has 0 atom stereocenters. The molecule has 1 amide bonds. The second-order valence-corrected chi connectivity index (χ2v) is 7.69.